The normalized spacial score (nSPS) is 9.12. The maximum atomic E-state index is 3.42. The van der Waals surface area contributed by atoms with Crippen LogP contribution in [0.4, 0.5) is 0 Å². The van der Waals surface area contributed by atoms with E-state index in [1.807, 2.05) is 24.3 Å². The third-order valence-electron chi connectivity index (χ3n) is 3.33. The Bertz CT molecular complexity index is 757. The molecule has 0 spiro atoms. The molecule has 0 fully saturated rings. The fourth-order valence-corrected chi connectivity index (χ4v) is 8.56. The Hall–Kier alpha value is 0.878. The van der Waals surface area contributed by atoms with Gasteiger partial charge in [0, 0.05) is 0 Å². The molecule has 0 atom stereocenters. The van der Waals surface area contributed by atoms with Crippen molar-refractivity contribution < 1.29 is 0 Å². The fourth-order valence-electron chi connectivity index (χ4n) is 1.89. The summed E-state index contributed by atoms with van der Waals surface area (Å²) in [6.07, 6.45) is 0. The van der Waals surface area contributed by atoms with Crippen LogP contribution in [0.25, 0.3) is 0 Å². The van der Waals surface area contributed by atoms with Gasteiger partial charge in [-0.1, -0.05) is 0 Å². The molecular weight excluding hydrogens is 924 g/mol. The van der Waals surface area contributed by atoms with E-state index < -0.39 is 0 Å². The monoisotopic (exact) mass is 943 g/mol. The molecule has 0 radical (unpaired) electrons. The topological polar surface area (TPSA) is 0 Å². The molecule has 0 nitrogen and oxygen atoms in total. The van der Waals surface area contributed by atoms with Gasteiger partial charge in [-0.2, -0.15) is 0 Å². The standard InChI is InChI=1S/4C6H5BrSe/c4*7-8-6-4-2-1-3-5-6/h4*1-5H. The first-order valence-corrected chi connectivity index (χ1v) is 28.6. The Morgan fingerprint density at radius 2 is 0.438 bits per heavy atom. The first kappa shape index (κ1) is 30.9. The first-order chi connectivity index (χ1) is 15.7. The van der Waals surface area contributed by atoms with Crippen LogP contribution in [-0.2, 0) is 0 Å². The molecule has 0 aliphatic carbocycles. The minimum absolute atomic E-state index is 0.480. The fraction of sp³-hybridized carbons (Fsp3) is 0. The van der Waals surface area contributed by atoms with Gasteiger partial charge in [0.05, 0.1) is 0 Å². The number of rotatable bonds is 4. The maximum absolute atomic E-state index is 3.42. The molecule has 4 rings (SSSR count). The quantitative estimate of drug-likeness (QED) is 0.244. The van der Waals surface area contributed by atoms with Crippen LogP contribution < -0.4 is 17.8 Å². The predicted octanol–water partition coefficient (Wildman–Crippen LogP) is 5.30. The summed E-state index contributed by atoms with van der Waals surface area (Å²) in [4.78, 5) is 0. The molecule has 0 N–H and O–H groups in total. The van der Waals surface area contributed by atoms with Crippen LogP contribution in [0.15, 0.2) is 121 Å². The van der Waals surface area contributed by atoms with E-state index in [1.54, 1.807) is 0 Å². The summed E-state index contributed by atoms with van der Waals surface area (Å²) in [5.74, 6) is 0. The average molecular weight is 944 g/mol. The van der Waals surface area contributed by atoms with Gasteiger partial charge < -0.3 is 0 Å². The molecule has 4 aromatic carbocycles. The Morgan fingerprint density at radius 1 is 0.281 bits per heavy atom. The van der Waals surface area contributed by atoms with E-state index in [4.69, 9.17) is 0 Å². The van der Waals surface area contributed by atoms with E-state index >= 15 is 0 Å². The van der Waals surface area contributed by atoms with E-state index in [-0.39, 0.29) is 0 Å². The molecule has 0 aromatic heterocycles. The van der Waals surface area contributed by atoms with Crippen LogP contribution in [0, 0.1) is 0 Å². The molecule has 0 unspecified atom stereocenters. The van der Waals surface area contributed by atoms with Crippen LogP contribution in [0.1, 0.15) is 0 Å². The van der Waals surface area contributed by atoms with E-state index in [1.165, 1.54) is 17.8 Å². The summed E-state index contributed by atoms with van der Waals surface area (Å²) in [5, 5.41) is 0. The van der Waals surface area contributed by atoms with Gasteiger partial charge in [0.25, 0.3) is 0 Å². The second-order valence-corrected chi connectivity index (χ2v) is 17.5. The van der Waals surface area contributed by atoms with Crippen LogP contribution in [-0.4, -0.2) is 52.6 Å². The van der Waals surface area contributed by atoms with Gasteiger partial charge in [-0.25, -0.2) is 0 Å². The van der Waals surface area contributed by atoms with Gasteiger partial charge in [0.2, 0.25) is 0 Å². The third-order valence-corrected chi connectivity index (χ3v) is 14.9. The molecular formula is C24H20Br4Se4. The number of benzene rings is 4. The van der Waals surface area contributed by atoms with Crippen LogP contribution in [0.2, 0.25) is 0 Å². The second-order valence-electron chi connectivity index (χ2n) is 5.56. The molecule has 0 aliphatic heterocycles. The van der Waals surface area contributed by atoms with Crippen molar-refractivity contribution in [2.24, 2.45) is 0 Å². The molecule has 0 heterocycles. The second kappa shape index (κ2) is 22.3. The Balaban J connectivity index is 0.000000213. The minimum atomic E-state index is 0.480. The van der Waals surface area contributed by atoms with E-state index in [0.29, 0.717) is 52.6 Å². The zero-order chi connectivity index (χ0) is 23.3. The van der Waals surface area contributed by atoms with E-state index in [2.05, 4.69) is 154 Å². The van der Waals surface area contributed by atoms with Crippen molar-refractivity contribution in [1.82, 2.24) is 0 Å². The van der Waals surface area contributed by atoms with Gasteiger partial charge in [0.15, 0.2) is 0 Å². The third kappa shape index (κ3) is 16.5. The molecule has 4 aromatic rings. The van der Waals surface area contributed by atoms with Crippen molar-refractivity contribution in [2.75, 3.05) is 0 Å². The summed E-state index contributed by atoms with van der Waals surface area (Å²) in [5.41, 5.74) is 0. The summed E-state index contributed by atoms with van der Waals surface area (Å²) in [6.45, 7) is 0. The van der Waals surface area contributed by atoms with Gasteiger partial charge >= 0.3 is 248 Å². The van der Waals surface area contributed by atoms with E-state index in [0.717, 1.165) is 0 Å². The van der Waals surface area contributed by atoms with Crippen molar-refractivity contribution in [3.8, 4) is 0 Å². The number of hydrogen-bond acceptors (Lipinski definition) is 0. The average Bonchev–Trinajstić information content (AvgIpc) is 2.91. The zero-order valence-corrected chi connectivity index (χ0v) is 29.9. The predicted molar refractivity (Wildman–Crippen MR) is 163 cm³/mol. The molecule has 0 saturated carbocycles. The van der Waals surface area contributed by atoms with Crippen molar-refractivity contribution in [2.45, 2.75) is 0 Å². The van der Waals surface area contributed by atoms with Crippen molar-refractivity contribution in [3.05, 3.63) is 121 Å². The molecule has 0 aliphatic rings. The molecule has 0 saturated heterocycles. The van der Waals surface area contributed by atoms with Crippen LogP contribution in [0.5, 0.6) is 0 Å². The first-order valence-electron chi connectivity index (χ1n) is 9.08. The molecule has 8 heteroatoms. The molecule has 0 bridgehead atoms. The van der Waals surface area contributed by atoms with Gasteiger partial charge in [-0.05, 0) is 0 Å². The summed E-state index contributed by atoms with van der Waals surface area (Å²) < 4.78 is 5.56. The number of hydrogen-bond donors (Lipinski definition) is 0. The molecule has 168 valence electrons. The summed E-state index contributed by atoms with van der Waals surface area (Å²) >= 11 is 15.6. The van der Waals surface area contributed by atoms with Gasteiger partial charge in [0.1, 0.15) is 0 Å². The van der Waals surface area contributed by atoms with Crippen LogP contribution in [0.3, 0.4) is 0 Å². The Morgan fingerprint density at radius 3 is 0.531 bits per heavy atom. The van der Waals surface area contributed by atoms with Crippen molar-refractivity contribution in [3.63, 3.8) is 0 Å². The number of halogens is 4. The Labute approximate surface area is 244 Å². The SMILES string of the molecule is Br[Se]c1ccccc1.Br[Se]c1ccccc1.Br[Se]c1ccccc1.Br[Se]c1ccccc1. The van der Waals surface area contributed by atoms with Gasteiger partial charge in [-0.3, -0.25) is 0 Å². The van der Waals surface area contributed by atoms with Crippen LogP contribution >= 0.6 is 56.4 Å². The Kier molecular flexibility index (Phi) is 21.6. The van der Waals surface area contributed by atoms with E-state index in [9.17, 15) is 0 Å². The van der Waals surface area contributed by atoms with Gasteiger partial charge in [-0.15, -0.1) is 0 Å². The summed E-state index contributed by atoms with van der Waals surface area (Å²) in [6, 6.07) is 41.5. The molecule has 0 amide bonds. The molecule has 32 heavy (non-hydrogen) atoms. The summed E-state index contributed by atoms with van der Waals surface area (Å²) in [7, 11) is 0. The zero-order valence-electron chi connectivity index (χ0n) is 16.7. The van der Waals surface area contributed by atoms with Crippen molar-refractivity contribution in [1.29, 1.82) is 0 Å². The van der Waals surface area contributed by atoms with Crippen molar-refractivity contribution >= 4 is 127 Å².